The quantitative estimate of drug-likeness (QED) is 0.382. The summed E-state index contributed by atoms with van der Waals surface area (Å²) < 4.78 is 10.2. The molecule has 0 aromatic heterocycles. The number of para-hydroxylation sites is 1. The van der Waals surface area contributed by atoms with E-state index in [4.69, 9.17) is 9.47 Å². The molecule has 128 valence electrons. The molecule has 0 aliphatic rings. The molecule has 0 atom stereocenters. The number of benzene rings is 2. The lowest BCUT2D eigenvalue weighted by Crippen LogP contribution is -2.15. The molecule has 0 saturated heterocycles. The van der Waals surface area contributed by atoms with Crippen molar-refractivity contribution in [1.82, 2.24) is 0 Å². The number of carbonyl (C=O) groups excluding carboxylic acids is 1. The van der Waals surface area contributed by atoms with Crippen LogP contribution in [0.1, 0.15) is 44.7 Å². The Bertz CT molecular complexity index is 647. The van der Waals surface area contributed by atoms with Crippen molar-refractivity contribution in [2.24, 2.45) is 0 Å². The zero-order chi connectivity index (χ0) is 17.4. The maximum Gasteiger partial charge on any atom is 0.513 e. The predicted octanol–water partition coefficient (Wildman–Crippen LogP) is 5.52. The van der Waals surface area contributed by atoms with E-state index in [9.17, 15) is 4.79 Å². The Morgan fingerprint density at radius 1 is 1.04 bits per heavy atom. The summed E-state index contributed by atoms with van der Waals surface area (Å²) in [5.74, 6) is 0.497. The van der Waals surface area contributed by atoms with Gasteiger partial charge in [0.05, 0.1) is 6.61 Å². The standard InChI is InChI=1S/C21H26O3/c1-4-21(2,3)18-12-8-10-17(16-18)11-9-15-23-20(22)24-19-13-6-5-7-14-19/h5-8,10,12-14,16H,4,9,11,15H2,1-3H3. The molecule has 0 bridgehead atoms. The maximum atomic E-state index is 11.6. The first-order valence-corrected chi connectivity index (χ1v) is 8.50. The van der Waals surface area contributed by atoms with Crippen LogP contribution < -0.4 is 4.74 Å². The summed E-state index contributed by atoms with van der Waals surface area (Å²) in [4.78, 5) is 11.6. The minimum atomic E-state index is -0.651. The zero-order valence-corrected chi connectivity index (χ0v) is 14.7. The molecule has 2 rings (SSSR count). The summed E-state index contributed by atoms with van der Waals surface area (Å²) in [6.45, 7) is 7.08. The van der Waals surface area contributed by atoms with Crippen LogP contribution >= 0.6 is 0 Å². The zero-order valence-electron chi connectivity index (χ0n) is 14.7. The molecule has 0 spiro atoms. The molecule has 0 amide bonds. The highest BCUT2D eigenvalue weighted by atomic mass is 16.7. The Labute approximate surface area is 144 Å². The smallest absolute Gasteiger partial charge is 0.434 e. The summed E-state index contributed by atoms with van der Waals surface area (Å²) in [7, 11) is 0. The molecule has 0 N–H and O–H groups in total. The Balaban J connectivity index is 1.76. The Hall–Kier alpha value is -2.29. The van der Waals surface area contributed by atoms with Gasteiger partial charge in [0.15, 0.2) is 0 Å². The molecular formula is C21H26O3. The van der Waals surface area contributed by atoms with Gasteiger partial charge in [-0.05, 0) is 47.9 Å². The van der Waals surface area contributed by atoms with Gasteiger partial charge in [-0.1, -0.05) is 63.2 Å². The number of aryl methyl sites for hydroxylation is 1. The van der Waals surface area contributed by atoms with E-state index in [0.717, 1.165) is 19.3 Å². The molecular weight excluding hydrogens is 300 g/mol. The fourth-order valence-electron chi connectivity index (χ4n) is 2.40. The second kappa shape index (κ2) is 8.53. The molecule has 2 aromatic carbocycles. The lowest BCUT2D eigenvalue weighted by atomic mass is 9.81. The molecule has 24 heavy (non-hydrogen) atoms. The summed E-state index contributed by atoms with van der Waals surface area (Å²) in [5.41, 5.74) is 2.81. The largest absolute Gasteiger partial charge is 0.513 e. The highest BCUT2D eigenvalue weighted by molar-refractivity contribution is 5.63. The highest BCUT2D eigenvalue weighted by Crippen LogP contribution is 2.27. The van der Waals surface area contributed by atoms with Gasteiger partial charge in [-0.2, -0.15) is 0 Å². The number of hydrogen-bond acceptors (Lipinski definition) is 3. The van der Waals surface area contributed by atoms with E-state index in [1.165, 1.54) is 11.1 Å². The third-order valence-electron chi connectivity index (χ3n) is 4.37. The lowest BCUT2D eigenvalue weighted by Gasteiger charge is -2.23. The van der Waals surface area contributed by atoms with Crippen molar-refractivity contribution in [2.75, 3.05) is 6.61 Å². The van der Waals surface area contributed by atoms with E-state index >= 15 is 0 Å². The third kappa shape index (κ3) is 5.41. The average Bonchev–Trinajstić information content (AvgIpc) is 2.60. The molecule has 2 aromatic rings. The Kier molecular flexibility index (Phi) is 6.42. The van der Waals surface area contributed by atoms with Crippen molar-refractivity contribution in [3.63, 3.8) is 0 Å². The van der Waals surface area contributed by atoms with E-state index in [1.807, 2.05) is 18.2 Å². The molecule has 0 aliphatic heterocycles. The van der Waals surface area contributed by atoms with Crippen molar-refractivity contribution in [3.05, 3.63) is 65.7 Å². The minimum absolute atomic E-state index is 0.187. The Morgan fingerprint density at radius 3 is 2.50 bits per heavy atom. The topological polar surface area (TPSA) is 35.5 Å². The molecule has 3 nitrogen and oxygen atoms in total. The molecule has 0 aliphatic carbocycles. The number of rotatable bonds is 7. The first-order chi connectivity index (χ1) is 11.5. The SMILES string of the molecule is CCC(C)(C)c1cccc(CCCOC(=O)Oc2ccccc2)c1. The first kappa shape index (κ1) is 18.1. The number of carbonyl (C=O) groups is 1. The van der Waals surface area contributed by atoms with Crippen LogP contribution in [0.3, 0.4) is 0 Å². The van der Waals surface area contributed by atoms with E-state index in [-0.39, 0.29) is 5.41 Å². The summed E-state index contributed by atoms with van der Waals surface area (Å²) in [6, 6.07) is 17.6. The van der Waals surface area contributed by atoms with Crippen molar-refractivity contribution in [3.8, 4) is 5.75 Å². The van der Waals surface area contributed by atoms with Gasteiger partial charge in [-0.15, -0.1) is 0 Å². The van der Waals surface area contributed by atoms with Gasteiger partial charge >= 0.3 is 6.16 Å². The van der Waals surface area contributed by atoms with Crippen LogP contribution in [0.25, 0.3) is 0 Å². The van der Waals surface area contributed by atoms with Crippen LogP contribution in [0.5, 0.6) is 5.75 Å². The van der Waals surface area contributed by atoms with Gasteiger partial charge in [0.1, 0.15) is 5.75 Å². The van der Waals surface area contributed by atoms with Crippen LogP contribution in [0.4, 0.5) is 4.79 Å². The lowest BCUT2D eigenvalue weighted by molar-refractivity contribution is 0.0981. The summed E-state index contributed by atoms with van der Waals surface area (Å²) in [5, 5.41) is 0. The Morgan fingerprint density at radius 2 is 1.79 bits per heavy atom. The molecule has 0 fully saturated rings. The molecule has 3 heteroatoms. The van der Waals surface area contributed by atoms with E-state index < -0.39 is 6.16 Å². The fourth-order valence-corrected chi connectivity index (χ4v) is 2.40. The van der Waals surface area contributed by atoms with Crippen molar-refractivity contribution in [2.45, 2.75) is 45.4 Å². The van der Waals surface area contributed by atoms with Gasteiger partial charge < -0.3 is 9.47 Å². The number of hydrogen-bond donors (Lipinski definition) is 0. The van der Waals surface area contributed by atoms with E-state index in [0.29, 0.717) is 12.4 Å². The van der Waals surface area contributed by atoms with Gasteiger partial charge in [0, 0.05) is 0 Å². The predicted molar refractivity (Wildman–Crippen MR) is 96.5 cm³/mol. The van der Waals surface area contributed by atoms with Crippen molar-refractivity contribution in [1.29, 1.82) is 0 Å². The van der Waals surface area contributed by atoms with Crippen molar-refractivity contribution < 1.29 is 14.3 Å². The molecule has 0 heterocycles. The molecule has 0 unspecified atom stereocenters. The average molecular weight is 326 g/mol. The molecule has 0 saturated carbocycles. The minimum Gasteiger partial charge on any atom is -0.434 e. The normalized spacial score (nSPS) is 11.1. The highest BCUT2D eigenvalue weighted by Gasteiger charge is 2.17. The van der Waals surface area contributed by atoms with E-state index in [2.05, 4.69) is 45.0 Å². The second-order valence-electron chi connectivity index (χ2n) is 6.55. The van der Waals surface area contributed by atoms with Gasteiger partial charge in [0.2, 0.25) is 0 Å². The maximum absolute atomic E-state index is 11.6. The van der Waals surface area contributed by atoms with E-state index in [1.54, 1.807) is 12.1 Å². The van der Waals surface area contributed by atoms with Crippen LogP contribution in [-0.2, 0) is 16.6 Å². The van der Waals surface area contributed by atoms with Gasteiger partial charge in [-0.25, -0.2) is 4.79 Å². The number of ether oxygens (including phenoxy) is 2. The first-order valence-electron chi connectivity index (χ1n) is 8.50. The molecule has 0 radical (unpaired) electrons. The summed E-state index contributed by atoms with van der Waals surface area (Å²) >= 11 is 0. The third-order valence-corrected chi connectivity index (χ3v) is 4.37. The van der Waals surface area contributed by atoms with Crippen LogP contribution in [0.2, 0.25) is 0 Å². The fraction of sp³-hybridized carbons (Fsp3) is 0.381. The second-order valence-corrected chi connectivity index (χ2v) is 6.55. The van der Waals surface area contributed by atoms with Crippen molar-refractivity contribution >= 4 is 6.16 Å². The van der Waals surface area contributed by atoms with Gasteiger partial charge in [0.25, 0.3) is 0 Å². The van der Waals surface area contributed by atoms with Crippen LogP contribution in [0.15, 0.2) is 54.6 Å². The van der Waals surface area contributed by atoms with Crippen LogP contribution in [0, 0.1) is 0 Å². The summed E-state index contributed by atoms with van der Waals surface area (Å²) in [6.07, 6.45) is 2.11. The van der Waals surface area contributed by atoms with Gasteiger partial charge in [-0.3, -0.25) is 0 Å². The van der Waals surface area contributed by atoms with Crippen LogP contribution in [-0.4, -0.2) is 12.8 Å². The monoisotopic (exact) mass is 326 g/mol.